The minimum Gasteiger partial charge on any atom is -0.486 e. The van der Waals surface area contributed by atoms with E-state index in [2.05, 4.69) is 0 Å². The lowest BCUT2D eigenvalue weighted by molar-refractivity contribution is -0.136. The first kappa shape index (κ1) is 14.0. The maximum absolute atomic E-state index is 13.4. The summed E-state index contributed by atoms with van der Waals surface area (Å²) in [4.78, 5) is 10.7. The summed E-state index contributed by atoms with van der Waals surface area (Å²) in [6, 6.07) is 9.88. The van der Waals surface area contributed by atoms with Gasteiger partial charge >= 0.3 is 5.97 Å². The van der Waals surface area contributed by atoms with Crippen molar-refractivity contribution in [1.82, 2.24) is 0 Å². The number of ether oxygens (including phenoxy) is 1. The molecule has 104 valence electrons. The monoisotopic (exact) mass is 278 g/mol. The lowest BCUT2D eigenvalue weighted by atomic mass is 10.1. The molecule has 0 bridgehead atoms. The first-order valence-corrected chi connectivity index (χ1v) is 5.92. The number of hydrogen-bond donors (Lipinski definition) is 1. The SMILES string of the molecule is O=C(O)Cc1ccccc1COc1ccc(F)cc1F. The van der Waals surface area contributed by atoms with Gasteiger partial charge < -0.3 is 9.84 Å². The van der Waals surface area contributed by atoms with Crippen LogP contribution in [0.25, 0.3) is 0 Å². The Morgan fingerprint density at radius 3 is 2.45 bits per heavy atom. The van der Waals surface area contributed by atoms with Gasteiger partial charge in [-0.05, 0) is 23.3 Å². The third-order valence-electron chi connectivity index (χ3n) is 2.74. The maximum Gasteiger partial charge on any atom is 0.307 e. The van der Waals surface area contributed by atoms with Crippen molar-refractivity contribution in [3.05, 3.63) is 65.2 Å². The van der Waals surface area contributed by atoms with Crippen LogP contribution in [0, 0.1) is 11.6 Å². The van der Waals surface area contributed by atoms with E-state index in [4.69, 9.17) is 9.84 Å². The predicted molar refractivity (Wildman–Crippen MR) is 68.5 cm³/mol. The van der Waals surface area contributed by atoms with E-state index in [0.717, 1.165) is 12.1 Å². The van der Waals surface area contributed by atoms with Crippen LogP contribution in [0.2, 0.25) is 0 Å². The Morgan fingerprint density at radius 1 is 1.10 bits per heavy atom. The molecule has 0 saturated carbocycles. The van der Waals surface area contributed by atoms with E-state index in [1.165, 1.54) is 6.07 Å². The van der Waals surface area contributed by atoms with Crippen molar-refractivity contribution >= 4 is 5.97 Å². The average molecular weight is 278 g/mol. The Bertz CT molecular complexity index is 626. The number of carboxylic acids is 1. The zero-order valence-electron chi connectivity index (χ0n) is 10.5. The van der Waals surface area contributed by atoms with E-state index >= 15 is 0 Å². The summed E-state index contributed by atoms with van der Waals surface area (Å²) in [5.41, 5.74) is 1.25. The molecule has 3 nitrogen and oxygen atoms in total. The standard InChI is InChI=1S/C15H12F2O3/c16-12-5-6-14(13(17)8-12)20-9-11-4-2-1-3-10(11)7-15(18)19/h1-6,8H,7,9H2,(H,18,19). The molecule has 0 fully saturated rings. The first-order chi connectivity index (χ1) is 9.56. The maximum atomic E-state index is 13.4. The van der Waals surface area contributed by atoms with Gasteiger partial charge in [0.25, 0.3) is 0 Å². The molecule has 0 saturated heterocycles. The molecular weight excluding hydrogens is 266 g/mol. The van der Waals surface area contributed by atoms with Crippen LogP contribution in [0.4, 0.5) is 8.78 Å². The van der Waals surface area contributed by atoms with Crippen LogP contribution in [0.5, 0.6) is 5.75 Å². The van der Waals surface area contributed by atoms with Crippen molar-refractivity contribution in [2.75, 3.05) is 0 Å². The lowest BCUT2D eigenvalue weighted by Gasteiger charge is -2.10. The summed E-state index contributed by atoms with van der Waals surface area (Å²) in [7, 11) is 0. The zero-order valence-corrected chi connectivity index (χ0v) is 10.5. The van der Waals surface area contributed by atoms with E-state index in [9.17, 15) is 13.6 Å². The Balaban J connectivity index is 2.12. The van der Waals surface area contributed by atoms with Gasteiger partial charge in [0.05, 0.1) is 6.42 Å². The van der Waals surface area contributed by atoms with Crippen molar-refractivity contribution in [3.8, 4) is 5.75 Å². The summed E-state index contributed by atoms with van der Waals surface area (Å²) in [6.07, 6.45) is -0.133. The fourth-order valence-electron chi connectivity index (χ4n) is 1.78. The molecule has 20 heavy (non-hydrogen) atoms. The highest BCUT2D eigenvalue weighted by molar-refractivity contribution is 5.70. The van der Waals surface area contributed by atoms with Gasteiger partial charge in [0.1, 0.15) is 12.4 Å². The third-order valence-corrected chi connectivity index (χ3v) is 2.74. The molecule has 0 radical (unpaired) electrons. The molecule has 0 aliphatic heterocycles. The predicted octanol–water partition coefficient (Wildman–Crippen LogP) is 3.17. The van der Waals surface area contributed by atoms with Gasteiger partial charge in [-0.25, -0.2) is 8.78 Å². The van der Waals surface area contributed by atoms with Crippen molar-refractivity contribution in [1.29, 1.82) is 0 Å². The molecule has 2 aromatic carbocycles. The Morgan fingerprint density at radius 2 is 1.80 bits per heavy atom. The Kier molecular flexibility index (Phi) is 4.30. The number of carboxylic acid groups (broad SMARTS) is 1. The molecular formula is C15H12F2O3. The molecule has 0 unspecified atom stereocenters. The van der Waals surface area contributed by atoms with Gasteiger partial charge in [-0.3, -0.25) is 4.79 Å². The molecule has 0 aliphatic rings. The number of aliphatic carboxylic acids is 1. The van der Waals surface area contributed by atoms with Crippen LogP contribution in [0.1, 0.15) is 11.1 Å². The highest BCUT2D eigenvalue weighted by Gasteiger charge is 2.09. The number of carbonyl (C=O) groups is 1. The number of halogens is 2. The van der Waals surface area contributed by atoms with Gasteiger partial charge in [0.2, 0.25) is 0 Å². The normalized spacial score (nSPS) is 10.3. The highest BCUT2D eigenvalue weighted by Crippen LogP contribution is 2.20. The summed E-state index contributed by atoms with van der Waals surface area (Å²) in [5.74, 6) is -2.50. The average Bonchev–Trinajstić information content (AvgIpc) is 2.39. The van der Waals surface area contributed by atoms with E-state index in [-0.39, 0.29) is 18.8 Å². The second-order valence-electron chi connectivity index (χ2n) is 4.20. The van der Waals surface area contributed by atoms with Gasteiger partial charge in [-0.1, -0.05) is 24.3 Å². The van der Waals surface area contributed by atoms with Crippen LogP contribution in [-0.4, -0.2) is 11.1 Å². The molecule has 1 N–H and O–H groups in total. The van der Waals surface area contributed by atoms with Crippen LogP contribution in [0.15, 0.2) is 42.5 Å². The fraction of sp³-hybridized carbons (Fsp3) is 0.133. The van der Waals surface area contributed by atoms with Crippen molar-refractivity contribution in [3.63, 3.8) is 0 Å². The highest BCUT2D eigenvalue weighted by atomic mass is 19.1. The summed E-state index contributed by atoms with van der Waals surface area (Å²) >= 11 is 0. The molecule has 5 heteroatoms. The largest absolute Gasteiger partial charge is 0.486 e. The van der Waals surface area contributed by atoms with Crippen molar-refractivity contribution in [2.45, 2.75) is 13.0 Å². The van der Waals surface area contributed by atoms with Crippen LogP contribution >= 0.6 is 0 Å². The first-order valence-electron chi connectivity index (χ1n) is 5.92. The van der Waals surface area contributed by atoms with Gasteiger partial charge in [-0.2, -0.15) is 0 Å². The van der Waals surface area contributed by atoms with E-state index < -0.39 is 17.6 Å². The topological polar surface area (TPSA) is 46.5 Å². The van der Waals surface area contributed by atoms with Crippen molar-refractivity contribution < 1.29 is 23.4 Å². The molecule has 0 amide bonds. The van der Waals surface area contributed by atoms with E-state index in [0.29, 0.717) is 11.1 Å². The summed E-state index contributed by atoms with van der Waals surface area (Å²) < 4.78 is 31.4. The zero-order chi connectivity index (χ0) is 14.5. The smallest absolute Gasteiger partial charge is 0.307 e. The van der Waals surface area contributed by atoms with Crippen molar-refractivity contribution in [2.24, 2.45) is 0 Å². The molecule has 0 aliphatic carbocycles. The molecule has 0 heterocycles. The third kappa shape index (κ3) is 3.54. The van der Waals surface area contributed by atoms with E-state index in [1.54, 1.807) is 24.3 Å². The Labute approximate surface area is 114 Å². The second-order valence-corrected chi connectivity index (χ2v) is 4.20. The van der Waals surface area contributed by atoms with E-state index in [1.807, 2.05) is 0 Å². The summed E-state index contributed by atoms with van der Waals surface area (Å²) in [5, 5.41) is 8.81. The Hall–Kier alpha value is -2.43. The van der Waals surface area contributed by atoms with Gasteiger partial charge in [0.15, 0.2) is 11.6 Å². The number of rotatable bonds is 5. The summed E-state index contributed by atoms with van der Waals surface area (Å²) in [6.45, 7) is 0.0198. The molecule has 0 spiro atoms. The van der Waals surface area contributed by atoms with Gasteiger partial charge in [0, 0.05) is 6.07 Å². The molecule has 2 rings (SSSR count). The van der Waals surface area contributed by atoms with Crippen LogP contribution in [-0.2, 0) is 17.8 Å². The van der Waals surface area contributed by atoms with Crippen LogP contribution < -0.4 is 4.74 Å². The second kappa shape index (κ2) is 6.14. The van der Waals surface area contributed by atoms with Crippen LogP contribution in [0.3, 0.4) is 0 Å². The molecule has 0 aromatic heterocycles. The number of benzene rings is 2. The fourth-order valence-corrected chi connectivity index (χ4v) is 1.78. The minimum absolute atomic E-state index is 0.0198. The van der Waals surface area contributed by atoms with Gasteiger partial charge in [-0.15, -0.1) is 0 Å². The minimum atomic E-state index is -0.953. The quantitative estimate of drug-likeness (QED) is 0.913. The molecule has 0 atom stereocenters. The number of hydrogen-bond acceptors (Lipinski definition) is 2. The molecule has 2 aromatic rings. The lowest BCUT2D eigenvalue weighted by Crippen LogP contribution is -2.06.